The zero-order valence-electron chi connectivity index (χ0n) is 14.2. The van der Waals surface area contributed by atoms with Gasteiger partial charge in [-0.3, -0.25) is 14.5 Å². The highest BCUT2D eigenvalue weighted by molar-refractivity contribution is 6.10. The monoisotopic (exact) mass is 328 g/mol. The highest BCUT2D eigenvalue weighted by Gasteiger charge is 2.31. The SMILES string of the molecule is CCOC(=O)C1CCN(C(C)C(=O)c2c[nH]c3ccccc23)CC1. The number of fused-ring (bicyclic) bond motifs is 1. The molecule has 0 saturated carbocycles. The predicted octanol–water partition coefficient (Wildman–Crippen LogP) is 3.01. The topological polar surface area (TPSA) is 62.4 Å². The summed E-state index contributed by atoms with van der Waals surface area (Å²) in [7, 11) is 0. The zero-order valence-corrected chi connectivity index (χ0v) is 14.2. The van der Waals surface area contributed by atoms with Crippen LogP contribution in [0.3, 0.4) is 0 Å². The largest absolute Gasteiger partial charge is 0.466 e. The second-order valence-corrected chi connectivity index (χ2v) is 6.35. The molecular formula is C19H24N2O3. The van der Waals surface area contributed by atoms with Gasteiger partial charge in [0.2, 0.25) is 0 Å². The van der Waals surface area contributed by atoms with Gasteiger partial charge in [-0.1, -0.05) is 18.2 Å². The molecule has 3 rings (SSSR count). The highest BCUT2D eigenvalue weighted by Crippen LogP contribution is 2.24. The summed E-state index contributed by atoms with van der Waals surface area (Å²) in [5.41, 5.74) is 1.72. The van der Waals surface area contributed by atoms with Gasteiger partial charge >= 0.3 is 5.97 Å². The quantitative estimate of drug-likeness (QED) is 0.677. The Balaban J connectivity index is 1.66. The molecule has 0 radical (unpaired) electrons. The van der Waals surface area contributed by atoms with Gasteiger partial charge in [0.05, 0.1) is 18.6 Å². The number of aromatic amines is 1. The molecule has 0 spiro atoms. The van der Waals surface area contributed by atoms with Crippen LogP contribution >= 0.6 is 0 Å². The van der Waals surface area contributed by atoms with Crippen LogP contribution in [0.25, 0.3) is 10.9 Å². The van der Waals surface area contributed by atoms with Crippen molar-refractivity contribution in [3.63, 3.8) is 0 Å². The summed E-state index contributed by atoms with van der Waals surface area (Å²) in [6.07, 6.45) is 3.31. The molecule has 0 amide bonds. The molecule has 128 valence electrons. The van der Waals surface area contributed by atoms with E-state index in [9.17, 15) is 9.59 Å². The number of piperidine rings is 1. The number of ether oxygens (including phenoxy) is 1. The highest BCUT2D eigenvalue weighted by atomic mass is 16.5. The van der Waals surface area contributed by atoms with Crippen LogP contribution < -0.4 is 0 Å². The molecule has 1 aliphatic rings. The van der Waals surface area contributed by atoms with E-state index in [2.05, 4.69) is 9.88 Å². The van der Waals surface area contributed by atoms with Crippen molar-refractivity contribution in [2.45, 2.75) is 32.7 Å². The first-order valence-corrected chi connectivity index (χ1v) is 8.62. The van der Waals surface area contributed by atoms with Crippen LogP contribution in [-0.4, -0.2) is 47.4 Å². The van der Waals surface area contributed by atoms with Gasteiger partial charge in [-0.25, -0.2) is 0 Å². The molecule has 1 aliphatic heterocycles. The molecular weight excluding hydrogens is 304 g/mol. The number of likely N-dealkylation sites (tertiary alicyclic amines) is 1. The molecule has 2 aromatic rings. The van der Waals surface area contributed by atoms with E-state index in [-0.39, 0.29) is 23.7 Å². The minimum Gasteiger partial charge on any atom is -0.466 e. The fourth-order valence-corrected chi connectivity index (χ4v) is 3.45. The van der Waals surface area contributed by atoms with Crippen molar-refractivity contribution in [3.05, 3.63) is 36.0 Å². The van der Waals surface area contributed by atoms with Crippen molar-refractivity contribution in [3.8, 4) is 0 Å². The lowest BCUT2D eigenvalue weighted by atomic mass is 9.94. The Morgan fingerprint density at radius 1 is 1.29 bits per heavy atom. The van der Waals surface area contributed by atoms with Gasteiger partial charge in [0.15, 0.2) is 5.78 Å². The van der Waals surface area contributed by atoms with Crippen molar-refractivity contribution >= 4 is 22.7 Å². The van der Waals surface area contributed by atoms with E-state index in [4.69, 9.17) is 4.74 Å². The third-order valence-electron chi connectivity index (χ3n) is 4.93. The maximum Gasteiger partial charge on any atom is 0.309 e. The number of rotatable bonds is 5. The van der Waals surface area contributed by atoms with E-state index in [1.807, 2.05) is 38.1 Å². The number of para-hydroxylation sites is 1. The summed E-state index contributed by atoms with van der Waals surface area (Å²) < 4.78 is 5.10. The molecule has 5 heteroatoms. The van der Waals surface area contributed by atoms with E-state index in [0.29, 0.717) is 6.61 Å². The lowest BCUT2D eigenvalue weighted by molar-refractivity contribution is -0.149. The Morgan fingerprint density at radius 3 is 2.71 bits per heavy atom. The van der Waals surface area contributed by atoms with Gasteiger partial charge in [0.1, 0.15) is 0 Å². The molecule has 0 aliphatic carbocycles. The number of H-pyrrole nitrogens is 1. The van der Waals surface area contributed by atoms with Crippen LogP contribution in [-0.2, 0) is 9.53 Å². The standard InChI is InChI=1S/C19H24N2O3/c1-3-24-19(23)14-8-10-21(11-9-14)13(2)18(22)16-12-20-17-7-5-4-6-15(16)17/h4-7,12-14,20H,3,8-11H2,1-2H3. The van der Waals surface area contributed by atoms with Crippen LogP contribution in [0.2, 0.25) is 0 Å². The Hall–Kier alpha value is -2.14. The van der Waals surface area contributed by atoms with E-state index in [1.165, 1.54) is 0 Å². The van der Waals surface area contributed by atoms with E-state index < -0.39 is 0 Å². The van der Waals surface area contributed by atoms with E-state index in [1.54, 1.807) is 6.20 Å². The normalized spacial score (nSPS) is 17.8. The summed E-state index contributed by atoms with van der Waals surface area (Å²) >= 11 is 0. The number of Topliss-reactive ketones (excluding diaryl/α,β-unsaturated/α-hetero) is 1. The summed E-state index contributed by atoms with van der Waals surface area (Å²) in [5, 5.41) is 0.968. The summed E-state index contributed by atoms with van der Waals surface area (Å²) in [4.78, 5) is 30.0. The molecule has 1 N–H and O–H groups in total. The van der Waals surface area contributed by atoms with Crippen molar-refractivity contribution in [1.29, 1.82) is 0 Å². The molecule has 1 unspecified atom stereocenters. The third kappa shape index (κ3) is 3.22. The van der Waals surface area contributed by atoms with Crippen molar-refractivity contribution in [2.24, 2.45) is 5.92 Å². The van der Waals surface area contributed by atoms with Crippen LogP contribution in [0.4, 0.5) is 0 Å². The van der Waals surface area contributed by atoms with E-state index >= 15 is 0 Å². The van der Waals surface area contributed by atoms with Crippen molar-refractivity contribution in [1.82, 2.24) is 9.88 Å². The first-order valence-electron chi connectivity index (χ1n) is 8.62. The number of hydrogen-bond acceptors (Lipinski definition) is 4. The van der Waals surface area contributed by atoms with Gasteiger partial charge < -0.3 is 9.72 Å². The average molecular weight is 328 g/mol. The number of nitrogens with one attached hydrogen (secondary N) is 1. The van der Waals surface area contributed by atoms with Crippen molar-refractivity contribution < 1.29 is 14.3 Å². The van der Waals surface area contributed by atoms with Crippen molar-refractivity contribution in [2.75, 3.05) is 19.7 Å². The van der Waals surface area contributed by atoms with Crippen LogP contribution in [0.1, 0.15) is 37.0 Å². The van der Waals surface area contributed by atoms with Gasteiger partial charge in [-0.2, -0.15) is 0 Å². The molecule has 1 fully saturated rings. The Bertz CT molecular complexity index is 729. The number of nitrogens with zero attached hydrogens (tertiary/aromatic N) is 1. The first kappa shape index (κ1) is 16.7. The van der Waals surface area contributed by atoms with Crippen LogP contribution in [0, 0.1) is 5.92 Å². The number of benzene rings is 1. The summed E-state index contributed by atoms with van der Waals surface area (Å²) in [6.45, 7) is 5.70. The number of aromatic nitrogens is 1. The second kappa shape index (κ2) is 7.18. The molecule has 1 aromatic carbocycles. The number of esters is 1. The number of carbonyl (C=O) groups is 2. The van der Waals surface area contributed by atoms with Crippen LogP contribution in [0.15, 0.2) is 30.5 Å². The molecule has 0 bridgehead atoms. The molecule has 24 heavy (non-hydrogen) atoms. The molecule has 2 heterocycles. The number of hydrogen-bond donors (Lipinski definition) is 1. The predicted molar refractivity (Wildman–Crippen MR) is 93.0 cm³/mol. The minimum absolute atomic E-state index is 0.0309. The Morgan fingerprint density at radius 2 is 2.00 bits per heavy atom. The van der Waals surface area contributed by atoms with Gasteiger partial charge in [-0.15, -0.1) is 0 Å². The summed E-state index contributed by atoms with van der Waals surface area (Å²) in [5.74, 6) is -0.00798. The van der Waals surface area contributed by atoms with Gasteiger partial charge in [-0.05, 0) is 45.8 Å². The molecule has 1 aromatic heterocycles. The fourth-order valence-electron chi connectivity index (χ4n) is 3.45. The lowest BCUT2D eigenvalue weighted by Gasteiger charge is -2.34. The first-order chi connectivity index (χ1) is 11.6. The van der Waals surface area contributed by atoms with E-state index in [0.717, 1.165) is 42.4 Å². The summed E-state index contributed by atoms with van der Waals surface area (Å²) in [6, 6.07) is 7.66. The Kier molecular flexibility index (Phi) is 5.00. The molecule has 1 saturated heterocycles. The smallest absolute Gasteiger partial charge is 0.309 e. The number of ketones is 1. The Labute approximate surface area is 142 Å². The molecule has 5 nitrogen and oxygen atoms in total. The molecule has 1 atom stereocenters. The van der Waals surface area contributed by atoms with Gasteiger partial charge in [0.25, 0.3) is 0 Å². The van der Waals surface area contributed by atoms with Gasteiger partial charge in [0, 0.05) is 22.7 Å². The minimum atomic E-state index is -0.188. The maximum atomic E-state index is 12.9. The fraction of sp³-hybridized carbons (Fsp3) is 0.474. The number of carbonyl (C=O) groups excluding carboxylic acids is 2. The van der Waals surface area contributed by atoms with Crippen LogP contribution in [0.5, 0.6) is 0 Å². The second-order valence-electron chi connectivity index (χ2n) is 6.35. The average Bonchev–Trinajstić information content (AvgIpc) is 3.05. The third-order valence-corrected chi connectivity index (χ3v) is 4.93. The maximum absolute atomic E-state index is 12.9. The zero-order chi connectivity index (χ0) is 17.1. The lowest BCUT2D eigenvalue weighted by Crippen LogP contribution is -2.45.